The fourth-order valence-electron chi connectivity index (χ4n) is 2.90. The first-order valence-electron chi connectivity index (χ1n) is 6.48. The predicted molar refractivity (Wildman–Crippen MR) is 67.9 cm³/mol. The molecule has 1 fully saturated rings. The van der Waals surface area contributed by atoms with Gasteiger partial charge in [0.1, 0.15) is 0 Å². The molecule has 3 rings (SSSR count). The van der Waals surface area contributed by atoms with E-state index in [-0.39, 0.29) is 0 Å². The van der Waals surface area contributed by atoms with Crippen LogP contribution >= 0.6 is 0 Å². The van der Waals surface area contributed by atoms with Gasteiger partial charge in [-0.15, -0.1) is 0 Å². The van der Waals surface area contributed by atoms with Crippen molar-refractivity contribution in [2.45, 2.75) is 25.7 Å². The molecule has 2 N–H and O–H groups in total. The number of nitrogens with one attached hydrogen (secondary N) is 2. The van der Waals surface area contributed by atoms with Crippen LogP contribution in [0.15, 0.2) is 18.2 Å². The molecule has 2 heteroatoms. The second-order valence-corrected chi connectivity index (χ2v) is 5.07. The molecule has 2 aliphatic heterocycles. The standard InChI is InChI=1S/C14H20N2/c1-2-14-13(5-8-16-14)10-12(1)9-11-3-6-15-7-4-11/h1-2,10-11,15-16H,3-9H2. The van der Waals surface area contributed by atoms with Crippen LogP contribution in [0.25, 0.3) is 0 Å². The fraction of sp³-hybridized carbons (Fsp3) is 0.571. The number of anilines is 1. The van der Waals surface area contributed by atoms with Gasteiger partial charge in [0, 0.05) is 12.2 Å². The van der Waals surface area contributed by atoms with Crippen LogP contribution in [-0.2, 0) is 12.8 Å². The molecule has 0 saturated carbocycles. The maximum atomic E-state index is 3.43. The monoisotopic (exact) mass is 216 g/mol. The van der Waals surface area contributed by atoms with Crippen molar-refractivity contribution in [3.05, 3.63) is 29.3 Å². The van der Waals surface area contributed by atoms with E-state index >= 15 is 0 Å². The maximum absolute atomic E-state index is 3.43. The lowest BCUT2D eigenvalue weighted by Crippen LogP contribution is -2.28. The molecule has 2 nitrogen and oxygen atoms in total. The molecule has 0 unspecified atom stereocenters. The van der Waals surface area contributed by atoms with E-state index in [2.05, 4.69) is 28.8 Å². The number of rotatable bonds is 2. The summed E-state index contributed by atoms with van der Waals surface area (Å²) in [6, 6.07) is 6.98. The van der Waals surface area contributed by atoms with Gasteiger partial charge < -0.3 is 10.6 Å². The normalized spacial score (nSPS) is 20.5. The molecule has 0 atom stereocenters. The van der Waals surface area contributed by atoms with Gasteiger partial charge >= 0.3 is 0 Å². The highest BCUT2D eigenvalue weighted by molar-refractivity contribution is 5.56. The average Bonchev–Trinajstić information content (AvgIpc) is 2.77. The molecule has 86 valence electrons. The first kappa shape index (κ1) is 10.2. The van der Waals surface area contributed by atoms with Crippen LogP contribution in [0.1, 0.15) is 24.0 Å². The lowest BCUT2D eigenvalue weighted by Gasteiger charge is -2.22. The van der Waals surface area contributed by atoms with Crippen LogP contribution in [0.3, 0.4) is 0 Å². The van der Waals surface area contributed by atoms with Gasteiger partial charge in [0.05, 0.1) is 0 Å². The van der Waals surface area contributed by atoms with Gasteiger partial charge in [-0.2, -0.15) is 0 Å². The van der Waals surface area contributed by atoms with Crippen LogP contribution in [0, 0.1) is 5.92 Å². The number of hydrogen-bond acceptors (Lipinski definition) is 2. The third-order valence-electron chi connectivity index (χ3n) is 3.86. The molecule has 0 amide bonds. The van der Waals surface area contributed by atoms with Crippen LogP contribution in [0.2, 0.25) is 0 Å². The van der Waals surface area contributed by atoms with Gasteiger partial charge in [0.25, 0.3) is 0 Å². The minimum atomic E-state index is 0.897. The lowest BCUT2D eigenvalue weighted by atomic mass is 9.90. The number of benzene rings is 1. The molecular weight excluding hydrogens is 196 g/mol. The van der Waals surface area contributed by atoms with Crippen LogP contribution in [0.4, 0.5) is 5.69 Å². The number of hydrogen-bond donors (Lipinski definition) is 2. The maximum Gasteiger partial charge on any atom is 0.0373 e. The highest BCUT2D eigenvalue weighted by Crippen LogP contribution is 2.25. The molecule has 1 aromatic carbocycles. The SMILES string of the molecule is c1cc2c(cc1CC1CCNCC1)CCN2. The van der Waals surface area contributed by atoms with Crippen molar-refractivity contribution < 1.29 is 0 Å². The smallest absolute Gasteiger partial charge is 0.0373 e. The van der Waals surface area contributed by atoms with Gasteiger partial charge in [-0.1, -0.05) is 12.1 Å². The Morgan fingerprint density at radius 1 is 1.12 bits per heavy atom. The minimum Gasteiger partial charge on any atom is -0.384 e. The van der Waals surface area contributed by atoms with Crippen molar-refractivity contribution in [2.75, 3.05) is 25.0 Å². The Hall–Kier alpha value is -1.02. The van der Waals surface area contributed by atoms with Crippen molar-refractivity contribution in [2.24, 2.45) is 5.92 Å². The third kappa shape index (κ3) is 2.07. The Labute approximate surface area is 97.4 Å². The summed E-state index contributed by atoms with van der Waals surface area (Å²) in [5.41, 5.74) is 4.41. The Morgan fingerprint density at radius 3 is 2.88 bits per heavy atom. The Kier molecular flexibility index (Phi) is 2.83. The molecule has 2 heterocycles. The lowest BCUT2D eigenvalue weighted by molar-refractivity contribution is 0.372. The molecule has 0 aromatic heterocycles. The Morgan fingerprint density at radius 2 is 2.00 bits per heavy atom. The van der Waals surface area contributed by atoms with Gasteiger partial charge in [-0.05, 0) is 61.9 Å². The first-order valence-corrected chi connectivity index (χ1v) is 6.48. The summed E-state index contributed by atoms with van der Waals surface area (Å²) in [4.78, 5) is 0. The summed E-state index contributed by atoms with van der Waals surface area (Å²) in [5.74, 6) is 0.897. The summed E-state index contributed by atoms with van der Waals surface area (Å²) in [7, 11) is 0. The summed E-state index contributed by atoms with van der Waals surface area (Å²) in [6.45, 7) is 3.53. The summed E-state index contributed by atoms with van der Waals surface area (Å²) >= 11 is 0. The van der Waals surface area contributed by atoms with Crippen molar-refractivity contribution in [1.82, 2.24) is 5.32 Å². The van der Waals surface area contributed by atoms with E-state index in [1.807, 2.05) is 0 Å². The molecule has 2 aliphatic rings. The highest BCUT2D eigenvalue weighted by Gasteiger charge is 2.15. The quantitative estimate of drug-likeness (QED) is 0.792. The predicted octanol–water partition coefficient (Wildman–Crippen LogP) is 2.20. The van der Waals surface area contributed by atoms with Gasteiger partial charge in [-0.3, -0.25) is 0 Å². The molecule has 1 saturated heterocycles. The highest BCUT2D eigenvalue weighted by atomic mass is 14.9. The van der Waals surface area contributed by atoms with Crippen molar-refractivity contribution in [3.63, 3.8) is 0 Å². The second kappa shape index (κ2) is 4.46. The fourth-order valence-corrected chi connectivity index (χ4v) is 2.90. The molecular formula is C14H20N2. The van der Waals surface area contributed by atoms with Gasteiger partial charge in [-0.25, -0.2) is 0 Å². The zero-order valence-corrected chi connectivity index (χ0v) is 9.76. The van der Waals surface area contributed by atoms with Crippen LogP contribution < -0.4 is 10.6 Å². The first-order chi connectivity index (χ1) is 7.92. The van der Waals surface area contributed by atoms with Crippen LogP contribution in [0.5, 0.6) is 0 Å². The van der Waals surface area contributed by atoms with E-state index in [0.717, 1.165) is 12.5 Å². The topological polar surface area (TPSA) is 24.1 Å². The summed E-state index contributed by atoms with van der Waals surface area (Å²) < 4.78 is 0. The largest absolute Gasteiger partial charge is 0.384 e. The second-order valence-electron chi connectivity index (χ2n) is 5.07. The molecule has 1 aromatic rings. The zero-order chi connectivity index (χ0) is 10.8. The number of fused-ring (bicyclic) bond motifs is 1. The van der Waals surface area contributed by atoms with E-state index in [1.165, 1.54) is 55.6 Å². The average molecular weight is 216 g/mol. The molecule has 0 aliphatic carbocycles. The molecule has 0 bridgehead atoms. The number of piperidine rings is 1. The minimum absolute atomic E-state index is 0.897. The third-order valence-corrected chi connectivity index (χ3v) is 3.86. The Bertz CT molecular complexity index is 367. The summed E-state index contributed by atoms with van der Waals surface area (Å²) in [6.07, 6.45) is 5.16. The molecule has 16 heavy (non-hydrogen) atoms. The van der Waals surface area contributed by atoms with Crippen molar-refractivity contribution >= 4 is 5.69 Å². The molecule has 0 spiro atoms. The van der Waals surface area contributed by atoms with Gasteiger partial charge in [0.15, 0.2) is 0 Å². The van der Waals surface area contributed by atoms with Crippen molar-refractivity contribution in [1.29, 1.82) is 0 Å². The van der Waals surface area contributed by atoms with E-state index in [4.69, 9.17) is 0 Å². The zero-order valence-electron chi connectivity index (χ0n) is 9.76. The van der Waals surface area contributed by atoms with E-state index in [9.17, 15) is 0 Å². The summed E-state index contributed by atoms with van der Waals surface area (Å²) in [5, 5.41) is 6.85. The van der Waals surface area contributed by atoms with Crippen molar-refractivity contribution in [3.8, 4) is 0 Å². The molecule has 0 radical (unpaired) electrons. The van der Waals surface area contributed by atoms with Crippen LogP contribution in [-0.4, -0.2) is 19.6 Å². The van der Waals surface area contributed by atoms with E-state index in [0.29, 0.717) is 0 Å². The van der Waals surface area contributed by atoms with Gasteiger partial charge in [0.2, 0.25) is 0 Å². The van der Waals surface area contributed by atoms with E-state index < -0.39 is 0 Å². The Balaban J connectivity index is 1.69. The van der Waals surface area contributed by atoms with E-state index in [1.54, 1.807) is 0 Å².